The molecule has 104 valence electrons. The third-order valence-corrected chi connectivity index (χ3v) is 4.90. The molecule has 0 amide bonds. The highest BCUT2D eigenvalue weighted by Gasteiger charge is 2.16. The fraction of sp³-hybridized carbons (Fsp3) is 0.692. The van der Waals surface area contributed by atoms with E-state index in [1.54, 1.807) is 13.2 Å². The van der Waals surface area contributed by atoms with Gasteiger partial charge in [-0.25, -0.2) is 8.42 Å². The van der Waals surface area contributed by atoms with Crippen LogP contribution in [0.2, 0.25) is 0 Å². The Morgan fingerprint density at radius 1 is 1.39 bits per heavy atom. The lowest BCUT2D eigenvalue weighted by Gasteiger charge is -2.17. The van der Waals surface area contributed by atoms with Crippen molar-refractivity contribution < 1.29 is 12.8 Å². The normalized spacial score (nSPS) is 13.7. The van der Waals surface area contributed by atoms with E-state index < -0.39 is 9.84 Å². The second-order valence-electron chi connectivity index (χ2n) is 4.42. The molecule has 1 atom stereocenters. The zero-order valence-corrected chi connectivity index (χ0v) is 12.2. The summed E-state index contributed by atoms with van der Waals surface area (Å²) in [5.74, 6) is 1.39. The second-order valence-corrected chi connectivity index (χ2v) is 6.89. The number of aryl methyl sites for hydroxylation is 1. The van der Waals surface area contributed by atoms with Crippen molar-refractivity contribution in [2.45, 2.75) is 39.7 Å². The van der Waals surface area contributed by atoms with Crippen LogP contribution in [-0.4, -0.2) is 26.5 Å². The van der Waals surface area contributed by atoms with Gasteiger partial charge in [0.2, 0.25) is 0 Å². The maximum absolute atomic E-state index is 11.5. The molecular formula is C13H23NO3S. The van der Waals surface area contributed by atoms with E-state index in [-0.39, 0.29) is 17.5 Å². The van der Waals surface area contributed by atoms with E-state index in [4.69, 9.17) is 4.42 Å². The van der Waals surface area contributed by atoms with Crippen molar-refractivity contribution >= 4 is 9.84 Å². The molecule has 0 aromatic carbocycles. The third kappa shape index (κ3) is 4.46. The summed E-state index contributed by atoms with van der Waals surface area (Å²) in [6.45, 7) is 6.53. The first-order valence-corrected chi connectivity index (χ1v) is 8.30. The molecule has 0 aliphatic rings. The molecule has 0 bridgehead atoms. The second kappa shape index (κ2) is 6.95. The van der Waals surface area contributed by atoms with Crippen LogP contribution in [0.3, 0.4) is 0 Å². The predicted octanol–water partition coefficient (Wildman–Crippen LogP) is 2.45. The molecule has 4 nitrogen and oxygen atoms in total. The molecule has 0 spiro atoms. The van der Waals surface area contributed by atoms with Crippen LogP contribution in [0.15, 0.2) is 16.7 Å². The summed E-state index contributed by atoms with van der Waals surface area (Å²) in [6, 6.07) is 2.14. The molecule has 0 saturated carbocycles. The van der Waals surface area contributed by atoms with Gasteiger partial charge in [-0.15, -0.1) is 0 Å². The van der Waals surface area contributed by atoms with Crippen molar-refractivity contribution in [1.29, 1.82) is 0 Å². The highest BCUT2D eigenvalue weighted by Crippen LogP contribution is 2.23. The average Bonchev–Trinajstić information content (AvgIpc) is 2.74. The first-order valence-electron chi connectivity index (χ1n) is 6.48. The lowest BCUT2D eigenvalue weighted by Crippen LogP contribution is -2.22. The molecule has 0 fully saturated rings. The first kappa shape index (κ1) is 15.2. The number of hydrogen-bond donors (Lipinski definition) is 1. The van der Waals surface area contributed by atoms with Crippen molar-refractivity contribution in [2.75, 3.05) is 18.1 Å². The molecule has 0 saturated heterocycles. The Balaban J connectivity index is 2.57. The van der Waals surface area contributed by atoms with Crippen molar-refractivity contribution in [3.63, 3.8) is 0 Å². The Kier molecular flexibility index (Phi) is 5.88. The number of sulfone groups is 1. The summed E-state index contributed by atoms with van der Waals surface area (Å²) >= 11 is 0. The Labute approximate surface area is 110 Å². The number of rotatable bonds is 8. The van der Waals surface area contributed by atoms with Crippen LogP contribution in [0.4, 0.5) is 0 Å². The van der Waals surface area contributed by atoms with Gasteiger partial charge in [-0.2, -0.15) is 0 Å². The summed E-state index contributed by atoms with van der Waals surface area (Å²) in [5, 5.41) is 3.38. The zero-order chi connectivity index (χ0) is 13.6. The van der Waals surface area contributed by atoms with Gasteiger partial charge in [0, 0.05) is 17.4 Å². The SMILES string of the molecule is CCNC(CCCS(=O)(=O)CC)c1ccoc1C. The summed E-state index contributed by atoms with van der Waals surface area (Å²) in [5.41, 5.74) is 1.13. The van der Waals surface area contributed by atoms with E-state index in [1.807, 2.05) is 19.9 Å². The van der Waals surface area contributed by atoms with Gasteiger partial charge < -0.3 is 9.73 Å². The molecule has 1 rings (SSSR count). The maximum Gasteiger partial charge on any atom is 0.150 e. The Bertz CT molecular complexity index is 451. The fourth-order valence-electron chi connectivity index (χ4n) is 2.02. The van der Waals surface area contributed by atoms with Crippen molar-refractivity contribution in [1.82, 2.24) is 5.32 Å². The van der Waals surface area contributed by atoms with Gasteiger partial charge in [-0.3, -0.25) is 0 Å². The minimum Gasteiger partial charge on any atom is -0.469 e. The molecule has 5 heteroatoms. The van der Waals surface area contributed by atoms with Crippen molar-refractivity contribution in [2.24, 2.45) is 0 Å². The summed E-state index contributed by atoms with van der Waals surface area (Å²) < 4.78 is 28.2. The molecule has 1 N–H and O–H groups in total. The largest absolute Gasteiger partial charge is 0.469 e. The smallest absolute Gasteiger partial charge is 0.150 e. The topological polar surface area (TPSA) is 59.3 Å². The minimum atomic E-state index is -2.86. The van der Waals surface area contributed by atoms with E-state index in [2.05, 4.69) is 5.32 Å². The predicted molar refractivity (Wildman–Crippen MR) is 73.4 cm³/mol. The fourth-order valence-corrected chi connectivity index (χ4v) is 2.92. The van der Waals surface area contributed by atoms with Gasteiger partial charge in [-0.1, -0.05) is 13.8 Å². The summed E-state index contributed by atoms with van der Waals surface area (Å²) in [7, 11) is -2.86. The van der Waals surface area contributed by atoms with E-state index in [0.717, 1.165) is 24.3 Å². The van der Waals surface area contributed by atoms with Crippen LogP contribution in [0.25, 0.3) is 0 Å². The Morgan fingerprint density at radius 2 is 2.11 bits per heavy atom. The first-order chi connectivity index (χ1) is 8.50. The Morgan fingerprint density at radius 3 is 2.61 bits per heavy atom. The molecule has 1 aromatic heterocycles. The molecule has 1 unspecified atom stereocenters. The molecule has 0 aliphatic heterocycles. The van der Waals surface area contributed by atoms with Gasteiger partial charge in [-0.05, 0) is 32.4 Å². The standard InChI is InChI=1S/C13H23NO3S/c1-4-14-13(12-8-9-17-11(12)3)7-6-10-18(15,16)5-2/h8-9,13-14H,4-7,10H2,1-3H3. The molecule has 18 heavy (non-hydrogen) atoms. The van der Waals surface area contributed by atoms with Crippen LogP contribution >= 0.6 is 0 Å². The minimum absolute atomic E-state index is 0.181. The van der Waals surface area contributed by atoms with Gasteiger partial charge in [0.1, 0.15) is 15.6 Å². The van der Waals surface area contributed by atoms with Gasteiger partial charge in [0.15, 0.2) is 0 Å². The van der Waals surface area contributed by atoms with Crippen molar-refractivity contribution in [3.05, 3.63) is 23.7 Å². The van der Waals surface area contributed by atoms with Crippen LogP contribution < -0.4 is 5.32 Å². The summed E-state index contributed by atoms with van der Waals surface area (Å²) in [6.07, 6.45) is 3.17. The van der Waals surface area contributed by atoms with Gasteiger partial charge in [0.05, 0.1) is 12.0 Å². The number of furan rings is 1. The lowest BCUT2D eigenvalue weighted by molar-refractivity contribution is 0.481. The van der Waals surface area contributed by atoms with Crippen molar-refractivity contribution in [3.8, 4) is 0 Å². The van der Waals surface area contributed by atoms with Gasteiger partial charge >= 0.3 is 0 Å². The quantitative estimate of drug-likeness (QED) is 0.790. The monoisotopic (exact) mass is 273 g/mol. The van der Waals surface area contributed by atoms with Crippen LogP contribution in [0.1, 0.15) is 44.1 Å². The third-order valence-electron chi connectivity index (χ3n) is 3.11. The van der Waals surface area contributed by atoms with E-state index in [0.29, 0.717) is 6.42 Å². The lowest BCUT2D eigenvalue weighted by atomic mass is 10.0. The zero-order valence-electron chi connectivity index (χ0n) is 11.4. The molecule has 1 heterocycles. The van der Waals surface area contributed by atoms with Gasteiger partial charge in [0.25, 0.3) is 0 Å². The highest BCUT2D eigenvalue weighted by atomic mass is 32.2. The molecule has 1 aromatic rings. The molecule has 0 radical (unpaired) electrons. The average molecular weight is 273 g/mol. The molecule has 0 aliphatic carbocycles. The number of nitrogens with one attached hydrogen (secondary N) is 1. The number of hydrogen-bond acceptors (Lipinski definition) is 4. The summed E-state index contributed by atoms with van der Waals surface area (Å²) in [4.78, 5) is 0. The van der Waals surface area contributed by atoms with E-state index in [9.17, 15) is 8.42 Å². The highest BCUT2D eigenvalue weighted by molar-refractivity contribution is 7.91. The van der Waals surface area contributed by atoms with Crippen LogP contribution in [0, 0.1) is 6.92 Å². The maximum atomic E-state index is 11.5. The van der Waals surface area contributed by atoms with Crippen LogP contribution in [-0.2, 0) is 9.84 Å². The van der Waals surface area contributed by atoms with Crippen LogP contribution in [0.5, 0.6) is 0 Å². The van der Waals surface area contributed by atoms with E-state index >= 15 is 0 Å². The molecular weight excluding hydrogens is 250 g/mol. The Hall–Kier alpha value is -0.810. The van der Waals surface area contributed by atoms with E-state index in [1.165, 1.54) is 0 Å².